The van der Waals surface area contributed by atoms with Gasteiger partial charge in [-0.25, -0.2) is 8.42 Å². The average Bonchev–Trinajstić information content (AvgIpc) is 2.56. The van der Waals surface area contributed by atoms with Gasteiger partial charge in [0.2, 0.25) is 15.9 Å². The number of hydrogen-bond acceptors (Lipinski definition) is 3. The molecule has 1 aliphatic heterocycles. The molecule has 1 saturated heterocycles. The zero-order valence-corrected chi connectivity index (χ0v) is 15.1. The molecule has 128 valence electrons. The molecule has 2 rings (SSSR count). The van der Waals surface area contributed by atoms with Crippen LogP contribution in [0.2, 0.25) is 5.02 Å². The zero-order valence-electron chi connectivity index (χ0n) is 13.5. The molecule has 1 aromatic carbocycles. The molecule has 0 aromatic heterocycles. The first-order valence-corrected chi connectivity index (χ1v) is 9.77. The number of hydrogen-bond donors (Lipinski definition) is 0. The van der Waals surface area contributed by atoms with Crippen LogP contribution in [0, 0.1) is 5.92 Å². The Morgan fingerprint density at radius 2 is 1.96 bits per heavy atom. The van der Waals surface area contributed by atoms with Crippen LogP contribution < -0.4 is 0 Å². The number of nitrogens with zero attached hydrogens (tertiary/aromatic N) is 2. The zero-order chi connectivity index (χ0) is 17.0. The highest BCUT2D eigenvalue weighted by Gasteiger charge is 2.35. The maximum Gasteiger partial charge on any atom is 0.244 e. The van der Waals surface area contributed by atoms with Crippen molar-refractivity contribution in [2.45, 2.75) is 31.6 Å². The molecule has 0 aliphatic carbocycles. The summed E-state index contributed by atoms with van der Waals surface area (Å²) in [4.78, 5) is 14.4. The average molecular weight is 359 g/mol. The van der Waals surface area contributed by atoms with E-state index >= 15 is 0 Å². The van der Waals surface area contributed by atoms with Gasteiger partial charge in [0.05, 0.1) is 10.9 Å². The number of rotatable bonds is 5. The molecular weight excluding hydrogens is 336 g/mol. The summed E-state index contributed by atoms with van der Waals surface area (Å²) >= 11 is 6.04. The number of benzene rings is 1. The van der Waals surface area contributed by atoms with Crippen LogP contribution >= 0.6 is 11.6 Å². The molecule has 1 aromatic rings. The third kappa shape index (κ3) is 3.87. The smallest absolute Gasteiger partial charge is 0.244 e. The molecule has 1 amide bonds. The van der Waals surface area contributed by atoms with Crippen molar-refractivity contribution in [2.75, 3.05) is 26.2 Å². The Labute approximate surface area is 143 Å². The molecule has 0 saturated carbocycles. The van der Waals surface area contributed by atoms with Crippen molar-refractivity contribution in [3.05, 3.63) is 29.3 Å². The van der Waals surface area contributed by atoms with Crippen molar-refractivity contribution < 1.29 is 13.2 Å². The summed E-state index contributed by atoms with van der Waals surface area (Å²) in [6.07, 6.45) is 1.41. The lowest BCUT2D eigenvalue weighted by molar-refractivity contribution is -0.136. The number of piperidine rings is 1. The first-order chi connectivity index (χ1) is 10.9. The monoisotopic (exact) mass is 358 g/mol. The Hall–Kier alpha value is -1.11. The molecule has 0 spiro atoms. The fraction of sp³-hybridized carbons (Fsp3) is 0.562. The van der Waals surface area contributed by atoms with Crippen molar-refractivity contribution in [1.82, 2.24) is 9.21 Å². The van der Waals surface area contributed by atoms with Gasteiger partial charge in [0.15, 0.2) is 0 Å². The topological polar surface area (TPSA) is 57.7 Å². The second kappa shape index (κ2) is 7.64. The van der Waals surface area contributed by atoms with Crippen LogP contribution in [0.4, 0.5) is 0 Å². The Morgan fingerprint density at radius 3 is 2.57 bits per heavy atom. The molecule has 23 heavy (non-hydrogen) atoms. The Morgan fingerprint density at radius 1 is 1.30 bits per heavy atom. The van der Waals surface area contributed by atoms with Crippen molar-refractivity contribution in [2.24, 2.45) is 5.92 Å². The summed E-state index contributed by atoms with van der Waals surface area (Å²) in [7, 11) is -3.67. The van der Waals surface area contributed by atoms with E-state index in [0.29, 0.717) is 26.1 Å². The summed E-state index contributed by atoms with van der Waals surface area (Å²) in [6, 6.07) is 6.43. The van der Waals surface area contributed by atoms with Gasteiger partial charge in [-0.3, -0.25) is 4.79 Å². The van der Waals surface area contributed by atoms with E-state index in [2.05, 4.69) is 0 Å². The van der Waals surface area contributed by atoms with Gasteiger partial charge < -0.3 is 4.90 Å². The van der Waals surface area contributed by atoms with Crippen LogP contribution in [-0.2, 0) is 14.8 Å². The lowest BCUT2D eigenvalue weighted by Crippen LogP contribution is -2.46. The maximum absolute atomic E-state index is 12.8. The van der Waals surface area contributed by atoms with Gasteiger partial charge >= 0.3 is 0 Å². The van der Waals surface area contributed by atoms with Gasteiger partial charge in [-0.05, 0) is 38.8 Å². The third-order valence-corrected chi connectivity index (χ3v) is 6.63. The summed E-state index contributed by atoms with van der Waals surface area (Å²) in [5.74, 6) is -0.241. The van der Waals surface area contributed by atoms with Crippen LogP contribution in [0.15, 0.2) is 29.2 Å². The predicted octanol–water partition coefficient (Wildman–Crippen LogP) is 2.61. The summed E-state index contributed by atoms with van der Waals surface area (Å²) in [6.45, 7) is 5.80. The molecule has 0 radical (unpaired) electrons. The van der Waals surface area contributed by atoms with E-state index in [0.717, 1.165) is 6.42 Å². The van der Waals surface area contributed by atoms with E-state index in [9.17, 15) is 13.2 Å². The van der Waals surface area contributed by atoms with E-state index < -0.39 is 10.0 Å². The standard InChI is InChI=1S/C16H23ClN2O3S/c1-3-18(4-2)16(20)13-8-7-11-19(12-13)23(21,22)15-10-6-5-9-14(15)17/h5-6,9-10,13H,3-4,7-8,11-12H2,1-2H3. The fourth-order valence-corrected chi connectivity index (χ4v) is 4.97. The second-order valence-electron chi connectivity index (χ2n) is 5.64. The molecule has 1 atom stereocenters. The van der Waals surface area contributed by atoms with Gasteiger partial charge in [0, 0.05) is 26.2 Å². The molecular formula is C16H23ClN2O3S. The van der Waals surface area contributed by atoms with Crippen molar-refractivity contribution >= 4 is 27.5 Å². The van der Waals surface area contributed by atoms with Gasteiger partial charge in [-0.2, -0.15) is 4.31 Å². The molecule has 0 N–H and O–H groups in total. The Balaban J connectivity index is 2.21. The van der Waals surface area contributed by atoms with Gasteiger partial charge in [-0.1, -0.05) is 23.7 Å². The summed E-state index contributed by atoms with van der Waals surface area (Å²) in [5, 5.41) is 0.213. The minimum atomic E-state index is -3.67. The summed E-state index contributed by atoms with van der Waals surface area (Å²) in [5.41, 5.74) is 0. The fourth-order valence-electron chi connectivity index (χ4n) is 2.95. The highest BCUT2D eigenvalue weighted by Crippen LogP contribution is 2.28. The molecule has 1 aliphatic rings. The van der Waals surface area contributed by atoms with Crippen molar-refractivity contribution in [1.29, 1.82) is 0 Å². The predicted molar refractivity (Wildman–Crippen MR) is 90.9 cm³/mol. The van der Waals surface area contributed by atoms with E-state index in [-0.39, 0.29) is 28.3 Å². The molecule has 1 fully saturated rings. The van der Waals surface area contributed by atoms with Gasteiger partial charge in [0.25, 0.3) is 0 Å². The van der Waals surface area contributed by atoms with Crippen LogP contribution in [0.5, 0.6) is 0 Å². The van der Waals surface area contributed by atoms with E-state index in [1.165, 1.54) is 10.4 Å². The normalized spacial score (nSPS) is 19.5. The molecule has 1 heterocycles. The van der Waals surface area contributed by atoms with E-state index in [1.54, 1.807) is 23.1 Å². The SMILES string of the molecule is CCN(CC)C(=O)C1CCCN(S(=O)(=O)c2ccccc2Cl)C1. The van der Waals surface area contributed by atoms with Crippen LogP contribution in [-0.4, -0.2) is 49.7 Å². The number of carbonyl (C=O) groups is 1. The van der Waals surface area contributed by atoms with E-state index in [1.807, 2.05) is 13.8 Å². The van der Waals surface area contributed by atoms with Crippen molar-refractivity contribution in [3.8, 4) is 0 Å². The van der Waals surface area contributed by atoms with Crippen molar-refractivity contribution in [3.63, 3.8) is 0 Å². The summed E-state index contributed by atoms with van der Waals surface area (Å²) < 4.78 is 27.0. The van der Waals surface area contributed by atoms with Gasteiger partial charge in [0.1, 0.15) is 4.90 Å². The maximum atomic E-state index is 12.8. The minimum absolute atomic E-state index is 0.0362. The quantitative estimate of drug-likeness (QED) is 0.813. The highest BCUT2D eigenvalue weighted by atomic mass is 35.5. The lowest BCUT2D eigenvalue weighted by Gasteiger charge is -2.33. The number of halogens is 1. The van der Waals surface area contributed by atoms with Crippen LogP contribution in [0.25, 0.3) is 0 Å². The third-order valence-electron chi connectivity index (χ3n) is 4.26. The second-order valence-corrected chi connectivity index (χ2v) is 7.96. The largest absolute Gasteiger partial charge is 0.343 e. The molecule has 1 unspecified atom stereocenters. The van der Waals surface area contributed by atoms with E-state index in [4.69, 9.17) is 11.6 Å². The highest BCUT2D eigenvalue weighted by molar-refractivity contribution is 7.89. The Bertz CT molecular complexity index is 659. The Kier molecular flexibility index (Phi) is 6.06. The molecule has 7 heteroatoms. The first kappa shape index (κ1) is 18.2. The number of sulfonamides is 1. The van der Waals surface area contributed by atoms with Crippen LogP contribution in [0.1, 0.15) is 26.7 Å². The number of carbonyl (C=O) groups excluding carboxylic acids is 1. The molecule has 5 nitrogen and oxygen atoms in total. The first-order valence-electron chi connectivity index (χ1n) is 7.95. The number of amides is 1. The van der Waals surface area contributed by atoms with Crippen LogP contribution in [0.3, 0.4) is 0 Å². The lowest BCUT2D eigenvalue weighted by atomic mass is 9.98. The minimum Gasteiger partial charge on any atom is -0.343 e. The van der Waals surface area contributed by atoms with Gasteiger partial charge in [-0.15, -0.1) is 0 Å². The molecule has 0 bridgehead atoms.